The monoisotopic (exact) mass is 464 g/mol. The van der Waals surface area contributed by atoms with Crippen molar-refractivity contribution in [3.63, 3.8) is 0 Å². The number of Topliss-reactive ketones (excluding diaryl/α,β-unsaturated/α-hetero) is 1. The first kappa shape index (κ1) is 24.7. The van der Waals surface area contributed by atoms with Crippen LogP contribution in [0.15, 0.2) is 42.7 Å². The van der Waals surface area contributed by atoms with Gasteiger partial charge in [-0.1, -0.05) is 26.8 Å². The van der Waals surface area contributed by atoms with E-state index >= 15 is 0 Å². The molecule has 8 heteroatoms. The van der Waals surface area contributed by atoms with Crippen molar-refractivity contribution in [1.29, 1.82) is 0 Å². The van der Waals surface area contributed by atoms with Crippen molar-refractivity contribution >= 4 is 11.8 Å². The van der Waals surface area contributed by atoms with E-state index in [0.29, 0.717) is 34.7 Å². The molecule has 0 unspecified atom stereocenters. The van der Waals surface area contributed by atoms with Crippen molar-refractivity contribution in [2.45, 2.75) is 40.7 Å². The highest BCUT2D eigenvalue weighted by Crippen LogP contribution is 2.34. The van der Waals surface area contributed by atoms with Crippen LogP contribution in [0.1, 0.15) is 59.2 Å². The van der Waals surface area contributed by atoms with Gasteiger partial charge >= 0.3 is 5.97 Å². The van der Waals surface area contributed by atoms with Crippen LogP contribution < -0.4 is 9.47 Å². The molecule has 0 bridgehead atoms. The number of carbonyl (C=O) groups is 2. The second-order valence-corrected chi connectivity index (χ2v) is 9.12. The second-order valence-electron chi connectivity index (χ2n) is 9.12. The summed E-state index contributed by atoms with van der Waals surface area (Å²) in [4.78, 5) is 32.7. The summed E-state index contributed by atoms with van der Waals surface area (Å²) in [5, 5.41) is 19.9. The molecule has 2 N–H and O–H groups in total. The molecule has 3 rings (SSSR count). The molecule has 0 atom stereocenters. The van der Waals surface area contributed by atoms with E-state index < -0.39 is 5.97 Å². The van der Waals surface area contributed by atoms with Gasteiger partial charge in [0.15, 0.2) is 5.78 Å². The Bertz CT molecular complexity index is 1210. The van der Waals surface area contributed by atoms with Crippen LogP contribution >= 0.6 is 0 Å². The van der Waals surface area contributed by atoms with E-state index in [1.165, 1.54) is 25.6 Å². The fourth-order valence-corrected chi connectivity index (χ4v) is 3.49. The highest BCUT2D eigenvalue weighted by molar-refractivity contribution is 5.99. The molecule has 0 aliphatic carbocycles. The van der Waals surface area contributed by atoms with Crippen LogP contribution in [0.5, 0.6) is 17.2 Å². The summed E-state index contributed by atoms with van der Waals surface area (Å²) in [5.41, 5.74) is 2.10. The average Bonchev–Trinajstić information content (AvgIpc) is 2.78. The Kier molecular flexibility index (Phi) is 7.20. The van der Waals surface area contributed by atoms with Crippen LogP contribution in [-0.4, -0.2) is 39.0 Å². The highest BCUT2D eigenvalue weighted by Gasteiger charge is 2.22. The number of ketones is 1. The number of hydrogen-bond donors (Lipinski definition) is 2. The zero-order chi connectivity index (χ0) is 25.0. The number of phenols is 1. The molecule has 8 nitrogen and oxygen atoms in total. The standard InChI is InChI=1S/C26H28N2O6/c1-15-22(10-9-18(23(15)30)21(29)11-26(2,3)4)34-14-16-12-28-20(13-27-16)17-7-6-8-19(25(31)32)24(17)33-5/h6-10,12-13,30H,11,14H2,1-5H3,(H,31,32). The molecule has 0 aliphatic heterocycles. The number of phenolic OH excluding ortho intramolecular Hbond substituents is 1. The normalized spacial score (nSPS) is 11.2. The van der Waals surface area contributed by atoms with E-state index in [9.17, 15) is 19.8 Å². The number of para-hydroxylation sites is 1. The SMILES string of the molecule is COc1c(C(=O)O)cccc1-c1cnc(COc2ccc(C(=O)CC(C)(C)C)c(O)c2C)cn1. The molecule has 0 fully saturated rings. The number of carboxylic acids is 1. The van der Waals surface area contributed by atoms with Gasteiger partial charge < -0.3 is 19.7 Å². The third kappa shape index (κ3) is 5.51. The Balaban J connectivity index is 1.76. The minimum Gasteiger partial charge on any atom is -0.507 e. The van der Waals surface area contributed by atoms with Crippen LogP contribution in [-0.2, 0) is 6.61 Å². The third-order valence-electron chi connectivity index (χ3n) is 5.18. The molecule has 1 heterocycles. The Morgan fingerprint density at radius 2 is 1.76 bits per heavy atom. The molecule has 0 saturated carbocycles. The number of aromatic nitrogens is 2. The zero-order valence-electron chi connectivity index (χ0n) is 19.9. The van der Waals surface area contributed by atoms with Gasteiger partial charge in [0, 0.05) is 17.5 Å². The number of aromatic carboxylic acids is 1. The van der Waals surface area contributed by atoms with Gasteiger partial charge in [0.05, 0.1) is 36.5 Å². The number of benzene rings is 2. The summed E-state index contributed by atoms with van der Waals surface area (Å²) in [6, 6.07) is 8.02. The first-order valence-corrected chi connectivity index (χ1v) is 10.7. The van der Waals surface area contributed by atoms with Crippen molar-refractivity contribution in [2.75, 3.05) is 7.11 Å². The minimum absolute atomic E-state index is 0.0360. The van der Waals surface area contributed by atoms with Crippen molar-refractivity contribution in [1.82, 2.24) is 9.97 Å². The molecule has 0 spiro atoms. The Morgan fingerprint density at radius 3 is 2.35 bits per heavy atom. The number of methoxy groups -OCH3 is 1. The Morgan fingerprint density at radius 1 is 1.03 bits per heavy atom. The maximum atomic E-state index is 12.5. The Hall–Kier alpha value is -3.94. The number of ether oxygens (including phenoxy) is 2. The molecular formula is C26H28N2O6. The maximum Gasteiger partial charge on any atom is 0.339 e. The van der Waals surface area contributed by atoms with Crippen molar-refractivity contribution in [2.24, 2.45) is 5.41 Å². The molecular weight excluding hydrogens is 436 g/mol. The molecule has 0 saturated heterocycles. The quantitative estimate of drug-likeness (QED) is 0.444. The van der Waals surface area contributed by atoms with E-state index in [-0.39, 0.29) is 40.4 Å². The van der Waals surface area contributed by atoms with Crippen molar-refractivity contribution in [3.05, 3.63) is 65.1 Å². The van der Waals surface area contributed by atoms with Gasteiger partial charge in [-0.15, -0.1) is 0 Å². The van der Waals surface area contributed by atoms with Crippen LogP contribution in [0.25, 0.3) is 11.3 Å². The third-order valence-corrected chi connectivity index (χ3v) is 5.18. The van der Waals surface area contributed by atoms with Gasteiger partial charge in [0.2, 0.25) is 0 Å². The molecule has 178 valence electrons. The van der Waals surface area contributed by atoms with Crippen LogP contribution in [0.2, 0.25) is 0 Å². The number of hydrogen-bond acceptors (Lipinski definition) is 7. The van der Waals surface area contributed by atoms with Crippen molar-refractivity contribution in [3.8, 4) is 28.5 Å². The van der Waals surface area contributed by atoms with E-state index in [0.717, 1.165) is 0 Å². The first-order valence-electron chi connectivity index (χ1n) is 10.7. The van der Waals surface area contributed by atoms with Crippen LogP contribution in [0, 0.1) is 12.3 Å². The van der Waals surface area contributed by atoms with E-state index in [2.05, 4.69) is 9.97 Å². The topological polar surface area (TPSA) is 119 Å². The number of rotatable bonds is 8. The van der Waals surface area contributed by atoms with Gasteiger partial charge in [-0.25, -0.2) is 4.79 Å². The van der Waals surface area contributed by atoms with Gasteiger partial charge in [-0.3, -0.25) is 14.8 Å². The zero-order valence-corrected chi connectivity index (χ0v) is 19.9. The minimum atomic E-state index is -1.10. The average molecular weight is 465 g/mol. The van der Waals surface area contributed by atoms with Gasteiger partial charge in [-0.2, -0.15) is 0 Å². The lowest BCUT2D eigenvalue weighted by molar-refractivity contribution is 0.0693. The molecule has 0 aliphatic rings. The summed E-state index contributed by atoms with van der Waals surface area (Å²) in [5.74, 6) is -0.657. The summed E-state index contributed by atoms with van der Waals surface area (Å²) < 4.78 is 11.1. The predicted octanol–water partition coefficient (Wildman–Crippen LogP) is 5.06. The molecule has 0 radical (unpaired) electrons. The fraction of sp³-hybridized carbons (Fsp3) is 0.308. The van der Waals surface area contributed by atoms with E-state index in [4.69, 9.17) is 9.47 Å². The van der Waals surface area contributed by atoms with E-state index in [1.807, 2.05) is 20.8 Å². The molecule has 1 aromatic heterocycles. The van der Waals surface area contributed by atoms with Crippen LogP contribution in [0.3, 0.4) is 0 Å². The lowest BCUT2D eigenvalue weighted by atomic mass is 9.87. The predicted molar refractivity (Wildman–Crippen MR) is 127 cm³/mol. The number of aromatic hydroxyl groups is 1. The smallest absolute Gasteiger partial charge is 0.339 e. The van der Waals surface area contributed by atoms with Gasteiger partial charge in [-0.05, 0) is 36.6 Å². The highest BCUT2D eigenvalue weighted by atomic mass is 16.5. The first-order chi connectivity index (χ1) is 16.0. The summed E-state index contributed by atoms with van der Waals surface area (Å²) in [7, 11) is 1.40. The Labute approximate surface area is 198 Å². The van der Waals surface area contributed by atoms with Gasteiger partial charge in [0.25, 0.3) is 0 Å². The maximum absolute atomic E-state index is 12.5. The molecule has 0 amide bonds. The lowest BCUT2D eigenvalue weighted by Gasteiger charge is -2.18. The second kappa shape index (κ2) is 9.91. The number of carboxylic acid groups (broad SMARTS) is 1. The number of nitrogens with zero attached hydrogens (tertiary/aromatic N) is 2. The summed E-state index contributed by atoms with van der Waals surface area (Å²) in [6.45, 7) is 7.69. The molecule has 34 heavy (non-hydrogen) atoms. The van der Waals surface area contributed by atoms with E-state index in [1.54, 1.807) is 31.2 Å². The lowest BCUT2D eigenvalue weighted by Crippen LogP contribution is -2.13. The fourth-order valence-electron chi connectivity index (χ4n) is 3.49. The molecule has 3 aromatic rings. The molecule has 2 aromatic carbocycles. The number of carbonyl (C=O) groups excluding carboxylic acids is 1. The van der Waals surface area contributed by atoms with Crippen LogP contribution in [0.4, 0.5) is 0 Å². The summed E-state index contributed by atoms with van der Waals surface area (Å²) in [6.07, 6.45) is 3.36. The summed E-state index contributed by atoms with van der Waals surface area (Å²) >= 11 is 0. The largest absolute Gasteiger partial charge is 0.507 e. The van der Waals surface area contributed by atoms with Crippen molar-refractivity contribution < 1.29 is 29.3 Å². The van der Waals surface area contributed by atoms with Gasteiger partial charge in [0.1, 0.15) is 29.4 Å².